The van der Waals surface area contributed by atoms with E-state index >= 15 is 0 Å². The van der Waals surface area contributed by atoms with E-state index in [1.54, 1.807) is 0 Å². The van der Waals surface area contributed by atoms with Crippen molar-refractivity contribution in [1.29, 1.82) is 0 Å². The molecule has 0 aromatic heterocycles. The molecule has 1 saturated carbocycles. The summed E-state index contributed by atoms with van der Waals surface area (Å²) in [6, 6.07) is 0. The molecule has 2 rings (SSSR count). The second-order valence-electron chi connectivity index (χ2n) is 3.97. The number of esters is 1. The predicted molar refractivity (Wildman–Crippen MR) is 45.7 cm³/mol. The molecule has 1 saturated heterocycles. The van der Waals surface area contributed by atoms with Gasteiger partial charge in [0.05, 0.1) is 0 Å². The van der Waals surface area contributed by atoms with Crippen LogP contribution in [0.2, 0.25) is 0 Å². The average molecular weight is 168 g/mol. The smallest absolute Gasteiger partial charge is 0.306 e. The van der Waals surface area contributed by atoms with E-state index in [-0.39, 0.29) is 12.1 Å². The van der Waals surface area contributed by atoms with E-state index in [9.17, 15) is 4.79 Å². The van der Waals surface area contributed by atoms with Gasteiger partial charge in [0.15, 0.2) is 0 Å². The molecule has 1 aliphatic heterocycles. The Bertz CT molecular complexity index is 177. The van der Waals surface area contributed by atoms with Gasteiger partial charge < -0.3 is 4.74 Å². The third-order valence-electron chi connectivity index (χ3n) is 3.09. The highest BCUT2D eigenvalue weighted by Crippen LogP contribution is 2.32. The summed E-state index contributed by atoms with van der Waals surface area (Å²) in [5, 5.41) is 0. The minimum Gasteiger partial charge on any atom is -0.462 e. The van der Waals surface area contributed by atoms with Gasteiger partial charge in [-0.25, -0.2) is 0 Å². The summed E-state index contributed by atoms with van der Waals surface area (Å²) in [4.78, 5) is 11.0. The van der Waals surface area contributed by atoms with Crippen LogP contribution in [0.5, 0.6) is 0 Å². The Morgan fingerprint density at radius 2 is 1.92 bits per heavy atom. The molecule has 0 bridgehead atoms. The molecule has 1 aliphatic carbocycles. The fraction of sp³-hybridized carbons (Fsp3) is 0.900. The molecule has 68 valence electrons. The van der Waals surface area contributed by atoms with Gasteiger partial charge in [-0.1, -0.05) is 12.8 Å². The van der Waals surface area contributed by atoms with Crippen LogP contribution >= 0.6 is 0 Å². The SMILES string of the molecule is O=C1CC[C@H]2CCCCC[C@@H]2O1. The summed E-state index contributed by atoms with van der Waals surface area (Å²) in [6.07, 6.45) is 8.28. The summed E-state index contributed by atoms with van der Waals surface area (Å²) in [5.41, 5.74) is 0. The standard InChI is InChI=1S/C10H16O2/c11-10-7-6-8-4-2-1-3-5-9(8)12-10/h8-9H,1-7H2/t8-,9+/m1/s1. The lowest BCUT2D eigenvalue weighted by atomic mass is 9.90. The van der Waals surface area contributed by atoms with E-state index in [0.29, 0.717) is 12.3 Å². The van der Waals surface area contributed by atoms with Gasteiger partial charge in [0.1, 0.15) is 6.10 Å². The van der Waals surface area contributed by atoms with Crippen molar-refractivity contribution in [3.63, 3.8) is 0 Å². The van der Waals surface area contributed by atoms with Crippen LogP contribution in [0.15, 0.2) is 0 Å². The zero-order valence-electron chi connectivity index (χ0n) is 7.42. The van der Waals surface area contributed by atoms with Crippen molar-refractivity contribution in [2.45, 2.75) is 51.0 Å². The van der Waals surface area contributed by atoms with Crippen LogP contribution in [0.25, 0.3) is 0 Å². The van der Waals surface area contributed by atoms with Crippen molar-refractivity contribution in [2.24, 2.45) is 5.92 Å². The number of rotatable bonds is 0. The molecule has 12 heavy (non-hydrogen) atoms. The molecule has 2 heteroatoms. The van der Waals surface area contributed by atoms with Crippen molar-refractivity contribution in [1.82, 2.24) is 0 Å². The fourth-order valence-corrected chi connectivity index (χ4v) is 2.37. The first kappa shape index (κ1) is 8.09. The lowest BCUT2D eigenvalue weighted by Gasteiger charge is -2.29. The summed E-state index contributed by atoms with van der Waals surface area (Å²) in [5.74, 6) is 0.711. The molecule has 0 N–H and O–H groups in total. The van der Waals surface area contributed by atoms with Gasteiger partial charge in [-0.2, -0.15) is 0 Å². The lowest BCUT2D eigenvalue weighted by Crippen LogP contribution is -2.31. The number of carbonyl (C=O) groups is 1. The van der Waals surface area contributed by atoms with Crippen molar-refractivity contribution in [3.05, 3.63) is 0 Å². The number of carbonyl (C=O) groups excluding carboxylic acids is 1. The van der Waals surface area contributed by atoms with E-state index < -0.39 is 0 Å². The van der Waals surface area contributed by atoms with Crippen LogP contribution in [-0.2, 0) is 9.53 Å². The molecule has 2 aliphatic rings. The molecule has 1 heterocycles. The van der Waals surface area contributed by atoms with Crippen LogP contribution < -0.4 is 0 Å². The molecule has 0 amide bonds. The number of hydrogen-bond acceptors (Lipinski definition) is 2. The maximum Gasteiger partial charge on any atom is 0.306 e. The Morgan fingerprint density at radius 3 is 2.83 bits per heavy atom. The van der Waals surface area contributed by atoms with Crippen LogP contribution in [0.1, 0.15) is 44.9 Å². The second kappa shape index (κ2) is 3.46. The minimum atomic E-state index is 0.0261. The zero-order chi connectivity index (χ0) is 8.39. The van der Waals surface area contributed by atoms with Crippen molar-refractivity contribution >= 4 is 5.97 Å². The topological polar surface area (TPSA) is 26.3 Å². The molecule has 0 aromatic rings. The van der Waals surface area contributed by atoms with Gasteiger partial charge in [0.25, 0.3) is 0 Å². The van der Waals surface area contributed by atoms with Gasteiger partial charge >= 0.3 is 5.97 Å². The molecule has 0 radical (unpaired) electrons. The summed E-state index contributed by atoms with van der Waals surface area (Å²) in [6.45, 7) is 0. The first-order chi connectivity index (χ1) is 5.86. The Balaban J connectivity index is 1.99. The Morgan fingerprint density at radius 1 is 1.08 bits per heavy atom. The molecular weight excluding hydrogens is 152 g/mol. The third kappa shape index (κ3) is 1.62. The van der Waals surface area contributed by atoms with Crippen LogP contribution in [0.4, 0.5) is 0 Å². The minimum absolute atomic E-state index is 0.0261. The molecule has 2 nitrogen and oxygen atoms in total. The first-order valence-corrected chi connectivity index (χ1v) is 5.06. The Kier molecular flexibility index (Phi) is 2.33. The first-order valence-electron chi connectivity index (χ1n) is 5.06. The zero-order valence-corrected chi connectivity index (χ0v) is 7.42. The van der Waals surface area contributed by atoms with E-state index in [1.165, 1.54) is 25.7 Å². The quantitative estimate of drug-likeness (QED) is 0.519. The summed E-state index contributed by atoms with van der Waals surface area (Å²) >= 11 is 0. The normalized spacial score (nSPS) is 36.5. The largest absolute Gasteiger partial charge is 0.462 e. The molecular formula is C10H16O2. The summed E-state index contributed by atoms with van der Waals surface area (Å²) < 4.78 is 5.33. The van der Waals surface area contributed by atoms with Crippen molar-refractivity contribution in [2.75, 3.05) is 0 Å². The van der Waals surface area contributed by atoms with Gasteiger partial charge in [-0.15, -0.1) is 0 Å². The van der Waals surface area contributed by atoms with Crippen LogP contribution in [0, 0.1) is 5.92 Å². The van der Waals surface area contributed by atoms with Crippen molar-refractivity contribution < 1.29 is 9.53 Å². The van der Waals surface area contributed by atoms with Crippen LogP contribution in [0.3, 0.4) is 0 Å². The number of fused-ring (bicyclic) bond motifs is 1. The molecule has 0 unspecified atom stereocenters. The molecule has 0 aromatic carbocycles. The third-order valence-corrected chi connectivity index (χ3v) is 3.09. The maximum absolute atomic E-state index is 11.0. The van der Waals surface area contributed by atoms with E-state index in [0.717, 1.165) is 12.8 Å². The lowest BCUT2D eigenvalue weighted by molar-refractivity contribution is -0.158. The maximum atomic E-state index is 11.0. The molecule has 0 spiro atoms. The highest BCUT2D eigenvalue weighted by atomic mass is 16.5. The van der Waals surface area contributed by atoms with E-state index in [2.05, 4.69) is 0 Å². The van der Waals surface area contributed by atoms with E-state index in [1.807, 2.05) is 0 Å². The summed E-state index contributed by atoms with van der Waals surface area (Å²) in [7, 11) is 0. The number of ether oxygens (including phenoxy) is 1. The Hall–Kier alpha value is -0.530. The predicted octanol–water partition coefficient (Wildman–Crippen LogP) is 2.27. The number of hydrogen-bond donors (Lipinski definition) is 0. The van der Waals surface area contributed by atoms with Gasteiger partial charge in [0, 0.05) is 6.42 Å². The van der Waals surface area contributed by atoms with Gasteiger partial charge in [0.2, 0.25) is 0 Å². The highest BCUT2D eigenvalue weighted by molar-refractivity contribution is 5.70. The molecule has 2 fully saturated rings. The highest BCUT2D eigenvalue weighted by Gasteiger charge is 2.31. The Labute approximate surface area is 73.3 Å². The average Bonchev–Trinajstić information content (AvgIpc) is 2.28. The fourth-order valence-electron chi connectivity index (χ4n) is 2.37. The monoisotopic (exact) mass is 168 g/mol. The van der Waals surface area contributed by atoms with Crippen molar-refractivity contribution in [3.8, 4) is 0 Å². The molecule has 2 atom stereocenters. The van der Waals surface area contributed by atoms with Crippen LogP contribution in [-0.4, -0.2) is 12.1 Å². The second-order valence-corrected chi connectivity index (χ2v) is 3.97. The van der Waals surface area contributed by atoms with E-state index in [4.69, 9.17) is 4.74 Å². The van der Waals surface area contributed by atoms with Gasteiger partial charge in [-0.3, -0.25) is 4.79 Å². The van der Waals surface area contributed by atoms with Gasteiger partial charge in [-0.05, 0) is 31.6 Å².